The average Bonchev–Trinajstić information content (AvgIpc) is 2.43. The highest BCUT2D eigenvalue weighted by Crippen LogP contribution is 2.27. The van der Waals surface area contributed by atoms with Gasteiger partial charge in [0.25, 0.3) is 0 Å². The van der Waals surface area contributed by atoms with Crippen LogP contribution in [0.1, 0.15) is 45.2 Å². The Labute approximate surface area is 125 Å². The highest BCUT2D eigenvalue weighted by atomic mass is 19.3. The van der Waals surface area contributed by atoms with Crippen molar-refractivity contribution < 1.29 is 18.3 Å². The second kappa shape index (κ2) is 8.29. The van der Waals surface area contributed by atoms with Gasteiger partial charge in [-0.2, -0.15) is 8.78 Å². The zero-order valence-corrected chi connectivity index (χ0v) is 13.2. The third-order valence-corrected chi connectivity index (χ3v) is 3.52. The van der Waals surface area contributed by atoms with Gasteiger partial charge in [0.15, 0.2) is 0 Å². The molecule has 0 aliphatic carbocycles. The molecule has 0 radical (unpaired) electrons. The predicted molar refractivity (Wildman–Crippen MR) is 79.8 cm³/mol. The summed E-state index contributed by atoms with van der Waals surface area (Å²) in [6, 6.07) is 6.95. The molecule has 1 aromatic carbocycles. The normalized spacial score (nSPS) is 13.5. The summed E-state index contributed by atoms with van der Waals surface area (Å²) < 4.78 is 34.5. The van der Waals surface area contributed by atoms with Crippen LogP contribution < -0.4 is 10.1 Å². The molecule has 1 atom stereocenters. The maximum Gasteiger partial charge on any atom is 0.387 e. The summed E-state index contributed by atoms with van der Waals surface area (Å²) in [5.74, 6) is 0.191. The third-order valence-electron chi connectivity index (χ3n) is 3.52. The van der Waals surface area contributed by atoms with Gasteiger partial charge in [0.2, 0.25) is 0 Å². The summed E-state index contributed by atoms with van der Waals surface area (Å²) in [5, 5.41) is 3.38. The first-order chi connectivity index (χ1) is 9.88. The second-order valence-electron chi connectivity index (χ2n) is 5.56. The molecule has 0 saturated carbocycles. The predicted octanol–water partition coefficient (Wildman–Crippen LogP) is 4.14. The van der Waals surface area contributed by atoms with Crippen molar-refractivity contribution >= 4 is 0 Å². The Morgan fingerprint density at radius 3 is 2.57 bits per heavy atom. The smallest absolute Gasteiger partial charge is 0.387 e. The topological polar surface area (TPSA) is 30.5 Å². The van der Waals surface area contributed by atoms with E-state index in [0.717, 1.165) is 24.9 Å². The zero-order valence-electron chi connectivity index (χ0n) is 13.2. The minimum Gasteiger partial charge on any atom is -0.435 e. The van der Waals surface area contributed by atoms with E-state index in [9.17, 15) is 8.78 Å². The molecule has 0 amide bonds. The molecule has 5 heteroatoms. The van der Waals surface area contributed by atoms with Crippen molar-refractivity contribution in [3.8, 4) is 5.75 Å². The van der Waals surface area contributed by atoms with E-state index in [4.69, 9.17) is 4.74 Å². The van der Waals surface area contributed by atoms with Gasteiger partial charge in [-0.1, -0.05) is 19.1 Å². The van der Waals surface area contributed by atoms with Crippen molar-refractivity contribution in [3.63, 3.8) is 0 Å². The summed E-state index contributed by atoms with van der Waals surface area (Å²) in [6.07, 6.45) is 1.72. The molecule has 0 aliphatic rings. The molecule has 1 aromatic rings. The van der Waals surface area contributed by atoms with E-state index in [-0.39, 0.29) is 17.4 Å². The maximum absolute atomic E-state index is 12.3. The van der Waals surface area contributed by atoms with Gasteiger partial charge in [-0.15, -0.1) is 0 Å². The Morgan fingerprint density at radius 1 is 1.29 bits per heavy atom. The molecule has 0 spiro atoms. The lowest BCUT2D eigenvalue weighted by molar-refractivity contribution is -0.0499. The summed E-state index contributed by atoms with van der Waals surface area (Å²) in [5.41, 5.74) is 0.743. The first-order valence-electron chi connectivity index (χ1n) is 7.21. The van der Waals surface area contributed by atoms with Crippen LogP contribution >= 0.6 is 0 Å². The van der Waals surface area contributed by atoms with Crippen molar-refractivity contribution in [3.05, 3.63) is 29.8 Å². The lowest BCUT2D eigenvalue weighted by atomic mass is 9.94. The number of benzene rings is 1. The van der Waals surface area contributed by atoms with E-state index < -0.39 is 6.61 Å². The van der Waals surface area contributed by atoms with Crippen LogP contribution in [0.15, 0.2) is 24.3 Å². The highest BCUT2D eigenvalue weighted by Gasteiger charge is 2.20. The van der Waals surface area contributed by atoms with E-state index in [1.165, 1.54) is 6.07 Å². The molecule has 21 heavy (non-hydrogen) atoms. The molecule has 0 saturated heterocycles. The van der Waals surface area contributed by atoms with Gasteiger partial charge in [-0.25, -0.2) is 0 Å². The SMILES string of the molecule is CCNC(CCC(C)(C)OC)c1cccc(OC(F)F)c1. The van der Waals surface area contributed by atoms with Crippen molar-refractivity contribution in [2.24, 2.45) is 0 Å². The number of hydrogen-bond donors (Lipinski definition) is 1. The molecule has 1 rings (SSSR count). The molecular formula is C16H25F2NO2. The minimum absolute atomic E-state index is 0.0886. The molecule has 0 aliphatic heterocycles. The van der Waals surface area contributed by atoms with Gasteiger partial charge in [0.1, 0.15) is 5.75 Å². The Morgan fingerprint density at radius 2 is 2.00 bits per heavy atom. The monoisotopic (exact) mass is 301 g/mol. The molecule has 0 heterocycles. The number of alkyl halides is 2. The number of ether oxygens (including phenoxy) is 2. The van der Waals surface area contributed by atoms with Crippen LogP contribution in [0.4, 0.5) is 8.78 Å². The number of nitrogens with one attached hydrogen (secondary N) is 1. The molecule has 1 unspecified atom stereocenters. The highest BCUT2D eigenvalue weighted by molar-refractivity contribution is 5.30. The van der Waals surface area contributed by atoms with E-state index in [2.05, 4.69) is 10.1 Å². The Kier molecular flexibility index (Phi) is 7.05. The molecule has 3 nitrogen and oxygen atoms in total. The molecule has 1 N–H and O–H groups in total. The fourth-order valence-electron chi connectivity index (χ4n) is 2.13. The Bertz CT molecular complexity index is 424. The standard InChI is InChI=1S/C16H25F2NO2/c1-5-19-14(9-10-16(2,3)20-4)12-7-6-8-13(11-12)21-15(17)18/h6-8,11,14-15,19H,5,9-10H2,1-4H3. The largest absolute Gasteiger partial charge is 0.435 e. The fraction of sp³-hybridized carbons (Fsp3) is 0.625. The van der Waals surface area contributed by atoms with Crippen molar-refractivity contribution in [1.29, 1.82) is 0 Å². The average molecular weight is 301 g/mol. The van der Waals surface area contributed by atoms with E-state index >= 15 is 0 Å². The lowest BCUT2D eigenvalue weighted by Crippen LogP contribution is -2.27. The Hall–Kier alpha value is -1.20. The summed E-state index contributed by atoms with van der Waals surface area (Å²) in [4.78, 5) is 0. The third kappa shape index (κ3) is 6.40. The quantitative estimate of drug-likeness (QED) is 0.743. The maximum atomic E-state index is 12.3. The first kappa shape index (κ1) is 17.9. The molecule has 0 bridgehead atoms. The van der Waals surface area contributed by atoms with Crippen molar-refractivity contribution in [2.45, 2.75) is 51.9 Å². The summed E-state index contributed by atoms with van der Waals surface area (Å²) in [6.45, 7) is 4.09. The number of hydrogen-bond acceptors (Lipinski definition) is 3. The lowest BCUT2D eigenvalue weighted by Gasteiger charge is -2.26. The van der Waals surface area contributed by atoms with Crippen LogP contribution in [0.2, 0.25) is 0 Å². The van der Waals surface area contributed by atoms with Crippen LogP contribution in [0.5, 0.6) is 5.75 Å². The van der Waals surface area contributed by atoms with Gasteiger partial charge in [-0.3, -0.25) is 0 Å². The fourth-order valence-corrected chi connectivity index (χ4v) is 2.13. The van der Waals surface area contributed by atoms with Crippen LogP contribution in [-0.2, 0) is 4.74 Å². The number of halogens is 2. The van der Waals surface area contributed by atoms with Crippen LogP contribution in [0.25, 0.3) is 0 Å². The number of methoxy groups -OCH3 is 1. The van der Waals surface area contributed by atoms with E-state index in [1.807, 2.05) is 26.8 Å². The van der Waals surface area contributed by atoms with E-state index in [1.54, 1.807) is 19.2 Å². The van der Waals surface area contributed by atoms with Gasteiger partial charge in [-0.05, 0) is 50.9 Å². The molecule has 120 valence electrons. The van der Waals surface area contributed by atoms with Crippen LogP contribution in [-0.4, -0.2) is 25.9 Å². The zero-order chi connectivity index (χ0) is 15.9. The van der Waals surface area contributed by atoms with Crippen LogP contribution in [0, 0.1) is 0 Å². The summed E-state index contributed by atoms with van der Waals surface area (Å²) >= 11 is 0. The van der Waals surface area contributed by atoms with E-state index in [0.29, 0.717) is 0 Å². The van der Waals surface area contributed by atoms with Crippen LogP contribution in [0.3, 0.4) is 0 Å². The van der Waals surface area contributed by atoms with Gasteiger partial charge in [0.05, 0.1) is 5.60 Å². The first-order valence-corrected chi connectivity index (χ1v) is 7.21. The second-order valence-corrected chi connectivity index (χ2v) is 5.56. The van der Waals surface area contributed by atoms with Crippen molar-refractivity contribution in [2.75, 3.05) is 13.7 Å². The Balaban J connectivity index is 2.79. The minimum atomic E-state index is -2.80. The van der Waals surface area contributed by atoms with Crippen molar-refractivity contribution in [1.82, 2.24) is 5.32 Å². The summed E-state index contributed by atoms with van der Waals surface area (Å²) in [7, 11) is 1.69. The molecule has 0 aromatic heterocycles. The van der Waals surface area contributed by atoms with Gasteiger partial charge in [0, 0.05) is 13.2 Å². The number of rotatable bonds is 9. The van der Waals surface area contributed by atoms with Gasteiger partial charge >= 0.3 is 6.61 Å². The molecular weight excluding hydrogens is 276 g/mol. The molecule has 0 fully saturated rings. The van der Waals surface area contributed by atoms with Gasteiger partial charge < -0.3 is 14.8 Å².